The second kappa shape index (κ2) is 7.29. The summed E-state index contributed by atoms with van der Waals surface area (Å²) >= 11 is 1.73. The summed E-state index contributed by atoms with van der Waals surface area (Å²) in [6.07, 6.45) is 5.16. The van der Waals surface area contributed by atoms with Gasteiger partial charge in [-0.3, -0.25) is 14.5 Å². The van der Waals surface area contributed by atoms with E-state index in [0.29, 0.717) is 0 Å². The van der Waals surface area contributed by atoms with E-state index in [0.717, 1.165) is 18.1 Å². The lowest BCUT2D eigenvalue weighted by Crippen LogP contribution is -2.53. The molecule has 100 valence electrons. The van der Waals surface area contributed by atoms with Gasteiger partial charge in [0, 0.05) is 24.1 Å². The van der Waals surface area contributed by atoms with Crippen LogP contribution in [-0.2, 0) is 9.59 Å². The third-order valence-electron chi connectivity index (χ3n) is 2.92. The lowest BCUT2D eigenvalue weighted by molar-refractivity contribution is -0.139. The number of hydrogen-bond donors (Lipinski definition) is 2. The maximum atomic E-state index is 11.8. The molecule has 0 spiro atoms. The van der Waals surface area contributed by atoms with Crippen LogP contribution in [0.4, 0.5) is 0 Å². The van der Waals surface area contributed by atoms with Crippen molar-refractivity contribution in [3.8, 4) is 12.3 Å². The SMILES string of the molecule is C#CCNC(=O)C(C)N1CCSCC1CC(=O)O. The summed E-state index contributed by atoms with van der Waals surface area (Å²) in [6, 6.07) is -0.434. The molecular formula is C12H18N2O3S. The normalized spacial score (nSPS) is 21.9. The number of terminal acetylenes is 1. The molecule has 0 aromatic carbocycles. The van der Waals surface area contributed by atoms with Gasteiger partial charge < -0.3 is 10.4 Å². The largest absolute Gasteiger partial charge is 0.481 e. The van der Waals surface area contributed by atoms with Crippen LogP contribution in [0.1, 0.15) is 13.3 Å². The van der Waals surface area contributed by atoms with E-state index in [1.165, 1.54) is 0 Å². The van der Waals surface area contributed by atoms with Gasteiger partial charge in [0.25, 0.3) is 0 Å². The van der Waals surface area contributed by atoms with E-state index in [9.17, 15) is 9.59 Å². The predicted molar refractivity (Wildman–Crippen MR) is 71.4 cm³/mol. The third kappa shape index (κ3) is 4.24. The fourth-order valence-corrected chi connectivity index (χ4v) is 3.08. The van der Waals surface area contributed by atoms with Crippen molar-refractivity contribution >= 4 is 23.6 Å². The third-order valence-corrected chi connectivity index (χ3v) is 4.02. The van der Waals surface area contributed by atoms with Gasteiger partial charge >= 0.3 is 5.97 Å². The van der Waals surface area contributed by atoms with Gasteiger partial charge in [0.15, 0.2) is 0 Å². The van der Waals surface area contributed by atoms with Crippen molar-refractivity contribution < 1.29 is 14.7 Å². The van der Waals surface area contributed by atoms with Gasteiger partial charge in [-0.25, -0.2) is 0 Å². The van der Waals surface area contributed by atoms with E-state index in [1.54, 1.807) is 18.7 Å². The Kier molecular flexibility index (Phi) is 6.02. The number of carbonyl (C=O) groups excluding carboxylic acids is 1. The zero-order valence-electron chi connectivity index (χ0n) is 10.4. The molecule has 1 aliphatic rings. The quantitative estimate of drug-likeness (QED) is 0.689. The molecule has 1 fully saturated rings. The molecule has 0 saturated carbocycles. The Morgan fingerprint density at radius 3 is 3.00 bits per heavy atom. The number of carboxylic acid groups (broad SMARTS) is 1. The Balaban J connectivity index is 2.62. The molecule has 18 heavy (non-hydrogen) atoms. The van der Waals surface area contributed by atoms with Gasteiger partial charge in [-0.05, 0) is 6.92 Å². The number of amides is 1. The van der Waals surface area contributed by atoms with Crippen LogP contribution in [0.25, 0.3) is 0 Å². The van der Waals surface area contributed by atoms with Crippen molar-refractivity contribution in [2.75, 3.05) is 24.6 Å². The lowest BCUT2D eigenvalue weighted by atomic mass is 10.1. The Morgan fingerprint density at radius 1 is 1.67 bits per heavy atom. The first-order chi connectivity index (χ1) is 8.56. The van der Waals surface area contributed by atoms with Gasteiger partial charge in [-0.1, -0.05) is 5.92 Å². The number of carboxylic acids is 1. The number of hydrogen-bond acceptors (Lipinski definition) is 4. The first kappa shape index (κ1) is 14.9. The highest BCUT2D eigenvalue weighted by Crippen LogP contribution is 2.21. The van der Waals surface area contributed by atoms with E-state index in [1.807, 2.05) is 4.90 Å². The highest BCUT2D eigenvalue weighted by atomic mass is 32.2. The van der Waals surface area contributed by atoms with Crippen molar-refractivity contribution in [1.82, 2.24) is 10.2 Å². The molecule has 0 radical (unpaired) electrons. The van der Waals surface area contributed by atoms with Crippen molar-refractivity contribution in [1.29, 1.82) is 0 Å². The molecule has 1 amide bonds. The van der Waals surface area contributed by atoms with Crippen LogP contribution < -0.4 is 5.32 Å². The first-order valence-corrected chi connectivity index (χ1v) is 6.98. The molecule has 2 unspecified atom stereocenters. The fourth-order valence-electron chi connectivity index (χ4n) is 1.99. The maximum Gasteiger partial charge on any atom is 0.304 e. The molecule has 0 aromatic rings. The molecule has 0 aromatic heterocycles. The van der Waals surface area contributed by atoms with Crippen molar-refractivity contribution in [3.63, 3.8) is 0 Å². The van der Waals surface area contributed by atoms with Gasteiger partial charge in [-0.15, -0.1) is 6.42 Å². The maximum absolute atomic E-state index is 11.8. The predicted octanol–water partition coefficient (Wildman–Crippen LogP) is 0.0164. The zero-order valence-corrected chi connectivity index (χ0v) is 11.2. The number of nitrogens with zero attached hydrogens (tertiary/aromatic N) is 1. The smallest absolute Gasteiger partial charge is 0.304 e. The van der Waals surface area contributed by atoms with E-state index in [2.05, 4.69) is 11.2 Å². The van der Waals surface area contributed by atoms with Gasteiger partial charge in [0.1, 0.15) is 0 Å². The van der Waals surface area contributed by atoms with Crippen LogP contribution in [0.15, 0.2) is 0 Å². The zero-order chi connectivity index (χ0) is 13.5. The van der Waals surface area contributed by atoms with Crippen molar-refractivity contribution in [3.05, 3.63) is 0 Å². The number of nitrogens with one attached hydrogen (secondary N) is 1. The molecule has 1 heterocycles. The summed E-state index contributed by atoms with van der Waals surface area (Å²) in [5.41, 5.74) is 0. The molecule has 1 saturated heterocycles. The van der Waals surface area contributed by atoms with Gasteiger partial charge in [-0.2, -0.15) is 11.8 Å². The van der Waals surface area contributed by atoms with Crippen molar-refractivity contribution in [2.24, 2.45) is 0 Å². The van der Waals surface area contributed by atoms with Gasteiger partial charge in [0.05, 0.1) is 19.0 Å². The Bertz CT molecular complexity index is 354. The van der Waals surface area contributed by atoms with E-state index >= 15 is 0 Å². The Labute approximate surface area is 111 Å². The molecule has 6 heteroatoms. The summed E-state index contributed by atoms with van der Waals surface area (Å²) < 4.78 is 0. The van der Waals surface area contributed by atoms with Gasteiger partial charge in [0.2, 0.25) is 5.91 Å². The van der Waals surface area contributed by atoms with Crippen LogP contribution in [-0.4, -0.2) is 58.6 Å². The summed E-state index contributed by atoms with van der Waals surface area (Å²) in [6.45, 7) is 2.72. The highest BCUT2D eigenvalue weighted by Gasteiger charge is 2.31. The summed E-state index contributed by atoms with van der Waals surface area (Å²) in [4.78, 5) is 24.6. The summed E-state index contributed by atoms with van der Waals surface area (Å²) in [7, 11) is 0. The highest BCUT2D eigenvalue weighted by molar-refractivity contribution is 7.99. The number of thioether (sulfide) groups is 1. The molecule has 0 aliphatic carbocycles. The Morgan fingerprint density at radius 2 is 2.39 bits per heavy atom. The molecule has 2 N–H and O–H groups in total. The minimum absolute atomic E-state index is 0.0692. The van der Waals surface area contributed by atoms with Crippen LogP contribution >= 0.6 is 11.8 Å². The van der Waals surface area contributed by atoms with Crippen molar-refractivity contribution in [2.45, 2.75) is 25.4 Å². The summed E-state index contributed by atoms with van der Waals surface area (Å²) in [5.74, 6) is 3.05. The number of carbonyl (C=O) groups is 2. The fraction of sp³-hybridized carbons (Fsp3) is 0.667. The number of aliphatic carboxylic acids is 1. The average Bonchev–Trinajstić information content (AvgIpc) is 2.35. The molecule has 1 aliphatic heterocycles. The van der Waals surface area contributed by atoms with E-state index in [4.69, 9.17) is 11.5 Å². The topological polar surface area (TPSA) is 69.6 Å². The minimum Gasteiger partial charge on any atom is -0.481 e. The molecule has 0 bridgehead atoms. The second-order valence-electron chi connectivity index (χ2n) is 4.16. The number of rotatable bonds is 5. The average molecular weight is 270 g/mol. The Hall–Kier alpha value is -1.19. The second-order valence-corrected chi connectivity index (χ2v) is 5.31. The van der Waals surface area contributed by atoms with E-state index in [-0.39, 0.29) is 31.0 Å². The molecule has 2 atom stereocenters. The minimum atomic E-state index is -0.830. The van der Waals surface area contributed by atoms with Crippen LogP contribution in [0.3, 0.4) is 0 Å². The molecule has 1 rings (SSSR count). The van der Waals surface area contributed by atoms with Crippen LogP contribution in [0, 0.1) is 12.3 Å². The lowest BCUT2D eigenvalue weighted by Gasteiger charge is -2.38. The molecular weight excluding hydrogens is 252 g/mol. The summed E-state index contributed by atoms with van der Waals surface area (Å²) in [5, 5.41) is 11.5. The first-order valence-electron chi connectivity index (χ1n) is 5.82. The standard InChI is InChI=1S/C12H18N2O3S/c1-3-4-13-12(17)9(2)14-5-6-18-8-10(14)7-11(15)16/h1,9-10H,4-8H2,2H3,(H,13,17)(H,15,16). The van der Waals surface area contributed by atoms with Crippen LogP contribution in [0.2, 0.25) is 0 Å². The van der Waals surface area contributed by atoms with Crippen LogP contribution in [0.5, 0.6) is 0 Å². The van der Waals surface area contributed by atoms with E-state index < -0.39 is 5.97 Å². The molecule has 5 nitrogen and oxygen atoms in total. The monoisotopic (exact) mass is 270 g/mol.